The Morgan fingerprint density at radius 1 is 1.18 bits per heavy atom. The Morgan fingerprint density at radius 3 is 2.64 bits per heavy atom. The van der Waals surface area contributed by atoms with Gasteiger partial charge in [-0.2, -0.15) is 0 Å². The number of aromatic nitrogens is 2. The third-order valence-corrected chi connectivity index (χ3v) is 4.40. The summed E-state index contributed by atoms with van der Waals surface area (Å²) in [6.07, 6.45) is 0. The van der Waals surface area contributed by atoms with E-state index in [1.54, 1.807) is 18.2 Å². The monoisotopic (exact) mass is 319 g/mol. The number of anilines is 1. The number of nitrogens with zero attached hydrogens (tertiary/aromatic N) is 1. The van der Waals surface area contributed by atoms with Gasteiger partial charge in [-0.25, -0.2) is 17.8 Å². The van der Waals surface area contributed by atoms with Crippen molar-refractivity contribution in [2.45, 2.75) is 12.7 Å². The Morgan fingerprint density at radius 2 is 1.91 bits per heavy atom. The van der Waals surface area contributed by atoms with Gasteiger partial charge in [0, 0.05) is 0 Å². The predicted octanol–water partition coefficient (Wildman–Crippen LogP) is 2.95. The summed E-state index contributed by atoms with van der Waals surface area (Å²) < 4.78 is 39.7. The number of hydrogen-bond donors (Lipinski definition) is 2. The molecule has 0 aliphatic carbocycles. The quantitative estimate of drug-likeness (QED) is 0.776. The average molecular weight is 319 g/mol. The predicted molar refractivity (Wildman–Crippen MR) is 83.5 cm³/mol. The molecule has 0 spiro atoms. The largest absolute Gasteiger partial charge is 0.342 e. The van der Waals surface area contributed by atoms with E-state index in [1.165, 1.54) is 24.3 Å². The lowest BCUT2D eigenvalue weighted by Gasteiger charge is -2.08. The molecule has 0 aliphatic heterocycles. The summed E-state index contributed by atoms with van der Waals surface area (Å²) in [5.74, 6) is 0.156. The number of halogens is 1. The van der Waals surface area contributed by atoms with E-state index >= 15 is 0 Å². The van der Waals surface area contributed by atoms with Crippen LogP contribution in [-0.2, 0) is 15.8 Å². The number of aryl methyl sites for hydroxylation is 1. The zero-order valence-electron chi connectivity index (χ0n) is 11.8. The van der Waals surface area contributed by atoms with Gasteiger partial charge < -0.3 is 4.98 Å². The maximum atomic E-state index is 12.8. The Hall–Kier alpha value is -2.41. The fraction of sp³-hybridized carbons (Fsp3) is 0.133. The first-order chi connectivity index (χ1) is 10.4. The number of fused-ring (bicyclic) bond motifs is 1. The van der Waals surface area contributed by atoms with Crippen LogP contribution in [0.4, 0.5) is 10.1 Å². The van der Waals surface area contributed by atoms with Crippen LogP contribution in [0.15, 0.2) is 42.5 Å². The highest BCUT2D eigenvalue weighted by atomic mass is 32.2. The third kappa shape index (κ3) is 3.25. The standard InChI is InChI=1S/C15H14FN3O2S/c1-10-17-14-7-6-13(8-15(14)18-10)19-22(20,21)9-11-2-4-12(16)5-3-11/h2-8,19H,9H2,1H3,(H,17,18). The summed E-state index contributed by atoms with van der Waals surface area (Å²) >= 11 is 0. The van der Waals surface area contributed by atoms with Crippen LogP contribution in [0.1, 0.15) is 11.4 Å². The van der Waals surface area contributed by atoms with Crippen LogP contribution in [0.3, 0.4) is 0 Å². The number of aromatic amines is 1. The Kier molecular flexibility index (Phi) is 3.58. The minimum absolute atomic E-state index is 0.215. The molecule has 0 bridgehead atoms. The maximum absolute atomic E-state index is 12.8. The zero-order valence-corrected chi connectivity index (χ0v) is 12.6. The molecule has 0 amide bonds. The molecule has 114 valence electrons. The van der Waals surface area contributed by atoms with E-state index in [0.717, 1.165) is 16.9 Å². The van der Waals surface area contributed by atoms with Crippen molar-refractivity contribution in [2.75, 3.05) is 4.72 Å². The number of H-pyrrole nitrogens is 1. The molecule has 1 heterocycles. The molecule has 0 radical (unpaired) electrons. The van der Waals surface area contributed by atoms with Gasteiger partial charge in [0.1, 0.15) is 11.6 Å². The fourth-order valence-electron chi connectivity index (χ4n) is 2.22. The van der Waals surface area contributed by atoms with Crippen LogP contribution in [0.2, 0.25) is 0 Å². The molecule has 2 N–H and O–H groups in total. The average Bonchev–Trinajstić information content (AvgIpc) is 2.80. The number of benzene rings is 2. The molecule has 0 saturated carbocycles. The molecule has 3 aromatic rings. The second kappa shape index (κ2) is 5.42. The summed E-state index contributed by atoms with van der Waals surface area (Å²) in [5, 5.41) is 0. The zero-order chi connectivity index (χ0) is 15.7. The minimum Gasteiger partial charge on any atom is -0.342 e. The molecule has 0 saturated heterocycles. The van der Waals surface area contributed by atoms with E-state index in [1.807, 2.05) is 6.92 Å². The SMILES string of the molecule is Cc1nc2ccc(NS(=O)(=O)Cc3ccc(F)cc3)cc2[nH]1. The highest BCUT2D eigenvalue weighted by molar-refractivity contribution is 7.91. The normalized spacial score (nSPS) is 11.7. The lowest BCUT2D eigenvalue weighted by Crippen LogP contribution is -2.15. The molecule has 1 aromatic heterocycles. The molecule has 0 fully saturated rings. The highest BCUT2D eigenvalue weighted by Gasteiger charge is 2.12. The van der Waals surface area contributed by atoms with E-state index in [4.69, 9.17) is 0 Å². The number of nitrogens with one attached hydrogen (secondary N) is 2. The molecule has 7 heteroatoms. The molecule has 0 aliphatic rings. The topological polar surface area (TPSA) is 74.8 Å². The van der Waals surface area contributed by atoms with Crippen molar-refractivity contribution in [3.05, 3.63) is 59.7 Å². The smallest absolute Gasteiger partial charge is 0.236 e. The van der Waals surface area contributed by atoms with Crippen LogP contribution in [0.5, 0.6) is 0 Å². The molecular formula is C15H14FN3O2S. The van der Waals surface area contributed by atoms with Crippen molar-refractivity contribution < 1.29 is 12.8 Å². The van der Waals surface area contributed by atoms with Crippen LogP contribution in [0, 0.1) is 12.7 Å². The van der Waals surface area contributed by atoms with Gasteiger partial charge in [-0.05, 0) is 42.8 Å². The van der Waals surface area contributed by atoms with Gasteiger partial charge in [-0.15, -0.1) is 0 Å². The van der Waals surface area contributed by atoms with E-state index in [0.29, 0.717) is 11.3 Å². The van der Waals surface area contributed by atoms with Gasteiger partial charge >= 0.3 is 0 Å². The summed E-state index contributed by atoms with van der Waals surface area (Å²) in [5.41, 5.74) is 2.52. The first kappa shape index (κ1) is 14.5. The van der Waals surface area contributed by atoms with Gasteiger partial charge in [0.2, 0.25) is 10.0 Å². The van der Waals surface area contributed by atoms with Crippen molar-refractivity contribution in [3.63, 3.8) is 0 Å². The van der Waals surface area contributed by atoms with Crippen LogP contribution in [0.25, 0.3) is 11.0 Å². The highest BCUT2D eigenvalue weighted by Crippen LogP contribution is 2.19. The maximum Gasteiger partial charge on any atom is 0.236 e. The molecule has 3 rings (SSSR count). The third-order valence-electron chi connectivity index (χ3n) is 3.14. The van der Waals surface area contributed by atoms with Gasteiger partial charge in [0.15, 0.2) is 0 Å². The number of sulfonamides is 1. The van der Waals surface area contributed by atoms with Crippen molar-refractivity contribution >= 4 is 26.7 Å². The Labute approximate surface area is 127 Å². The molecule has 2 aromatic carbocycles. The Balaban J connectivity index is 1.81. The van der Waals surface area contributed by atoms with Gasteiger partial charge in [0.05, 0.1) is 22.5 Å². The van der Waals surface area contributed by atoms with Crippen LogP contribution >= 0.6 is 0 Å². The number of imidazole rings is 1. The fourth-order valence-corrected chi connectivity index (χ4v) is 3.41. The summed E-state index contributed by atoms with van der Waals surface area (Å²) in [7, 11) is -3.57. The lowest BCUT2D eigenvalue weighted by molar-refractivity contribution is 0.600. The molecule has 0 unspecified atom stereocenters. The first-order valence-electron chi connectivity index (χ1n) is 6.63. The van der Waals surface area contributed by atoms with E-state index in [2.05, 4.69) is 14.7 Å². The number of hydrogen-bond acceptors (Lipinski definition) is 3. The van der Waals surface area contributed by atoms with Crippen LogP contribution < -0.4 is 4.72 Å². The molecule has 5 nitrogen and oxygen atoms in total. The van der Waals surface area contributed by atoms with Gasteiger partial charge in [-0.3, -0.25) is 4.72 Å². The van der Waals surface area contributed by atoms with E-state index < -0.39 is 15.8 Å². The van der Waals surface area contributed by atoms with E-state index in [9.17, 15) is 12.8 Å². The lowest BCUT2D eigenvalue weighted by atomic mass is 10.2. The van der Waals surface area contributed by atoms with Crippen molar-refractivity contribution in [2.24, 2.45) is 0 Å². The summed E-state index contributed by atoms with van der Waals surface area (Å²) in [6, 6.07) is 10.5. The van der Waals surface area contributed by atoms with Crippen molar-refractivity contribution in [1.82, 2.24) is 9.97 Å². The number of rotatable bonds is 4. The molecular weight excluding hydrogens is 305 g/mol. The second-order valence-electron chi connectivity index (χ2n) is 5.04. The minimum atomic E-state index is -3.57. The van der Waals surface area contributed by atoms with Crippen molar-refractivity contribution in [3.8, 4) is 0 Å². The summed E-state index contributed by atoms with van der Waals surface area (Å²) in [6.45, 7) is 1.83. The summed E-state index contributed by atoms with van der Waals surface area (Å²) in [4.78, 5) is 7.31. The van der Waals surface area contributed by atoms with Crippen LogP contribution in [-0.4, -0.2) is 18.4 Å². The Bertz CT molecular complexity index is 918. The molecule has 22 heavy (non-hydrogen) atoms. The van der Waals surface area contributed by atoms with Crippen molar-refractivity contribution in [1.29, 1.82) is 0 Å². The second-order valence-corrected chi connectivity index (χ2v) is 6.76. The first-order valence-corrected chi connectivity index (χ1v) is 8.28. The van der Waals surface area contributed by atoms with Gasteiger partial charge in [-0.1, -0.05) is 12.1 Å². The van der Waals surface area contributed by atoms with E-state index in [-0.39, 0.29) is 5.75 Å². The van der Waals surface area contributed by atoms with Gasteiger partial charge in [0.25, 0.3) is 0 Å². The molecule has 0 atom stereocenters.